The highest BCUT2D eigenvalue weighted by Crippen LogP contribution is 2.23. The highest BCUT2D eigenvalue weighted by molar-refractivity contribution is 5.79. The third-order valence-corrected chi connectivity index (χ3v) is 4.97. The number of carbonyl (C=O) groups is 1. The van der Waals surface area contributed by atoms with Crippen molar-refractivity contribution >= 4 is 5.91 Å². The lowest BCUT2D eigenvalue weighted by molar-refractivity contribution is -0.125. The van der Waals surface area contributed by atoms with Crippen LogP contribution in [0.25, 0.3) is 0 Å². The molecule has 29 heavy (non-hydrogen) atoms. The molecule has 3 aromatic rings. The van der Waals surface area contributed by atoms with Crippen LogP contribution in [0.1, 0.15) is 24.6 Å². The van der Waals surface area contributed by atoms with Gasteiger partial charge in [-0.2, -0.15) is 0 Å². The standard InChI is InChI=1S/C22H24N4O3/c1-2-28-19-3-5-20(6-4-19)29-21-11-16(7-9-24-21)13-25-22(27)17-8-10-26-15-23-14-18(26)12-17/h3-7,9,11,14-15,17H,2,8,10,12-13H2,1H3,(H,25,27). The zero-order valence-electron chi connectivity index (χ0n) is 16.4. The van der Waals surface area contributed by atoms with Gasteiger partial charge in [0.15, 0.2) is 0 Å². The second-order valence-electron chi connectivity index (χ2n) is 6.99. The number of fused-ring (bicyclic) bond motifs is 1. The Labute approximate surface area is 169 Å². The van der Waals surface area contributed by atoms with Gasteiger partial charge in [0, 0.05) is 49.6 Å². The van der Waals surface area contributed by atoms with E-state index < -0.39 is 0 Å². The fraction of sp³-hybridized carbons (Fsp3) is 0.318. The van der Waals surface area contributed by atoms with Crippen LogP contribution in [0.15, 0.2) is 55.1 Å². The molecule has 3 heterocycles. The number of hydrogen-bond donors (Lipinski definition) is 1. The average molecular weight is 392 g/mol. The largest absolute Gasteiger partial charge is 0.494 e. The van der Waals surface area contributed by atoms with Crippen LogP contribution in [0.4, 0.5) is 0 Å². The van der Waals surface area contributed by atoms with Gasteiger partial charge in [-0.15, -0.1) is 0 Å². The predicted molar refractivity (Wildman–Crippen MR) is 108 cm³/mol. The van der Waals surface area contributed by atoms with E-state index in [1.54, 1.807) is 6.20 Å². The number of carbonyl (C=O) groups excluding carboxylic acids is 1. The van der Waals surface area contributed by atoms with Gasteiger partial charge in [0.05, 0.1) is 12.9 Å². The summed E-state index contributed by atoms with van der Waals surface area (Å²) in [5, 5.41) is 3.04. The molecule has 1 N–H and O–H groups in total. The van der Waals surface area contributed by atoms with Crippen LogP contribution in [0, 0.1) is 5.92 Å². The van der Waals surface area contributed by atoms with Gasteiger partial charge in [-0.05, 0) is 49.2 Å². The Hall–Kier alpha value is -3.35. The molecule has 1 atom stereocenters. The Bertz CT molecular complexity index is 968. The molecule has 0 saturated heterocycles. The first-order valence-electron chi connectivity index (χ1n) is 9.83. The number of ether oxygens (including phenoxy) is 2. The molecule has 1 unspecified atom stereocenters. The molecule has 0 radical (unpaired) electrons. The van der Waals surface area contributed by atoms with Gasteiger partial charge < -0.3 is 19.4 Å². The van der Waals surface area contributed by atoms with E-state index in [4.69, 9.17) is 9.47 Å². The first kappa shape index (κ1) is 19.0. The number of nitrogens with one attached hydrogen (secondary N) is 1. The smallest absolute Gasteiger partial charge is 0.223 e. The molecule has 1 aliphatic rings. The van der Waals surface area contributed by atoms with Crippen LogP contribution < -0.4 is 14.8 Å². The summed E-state index contributed by atoms with van der Waals surface area (Å²) in [6.45, 7) is 3.85. The van der Waals surface area contributed by atoms with Crippen LogP contribution in [-0.2, 0) is 24.3 Å². The monoisotopic (exact) mass is 392 g/mol. The average Bonchev–Trinajstić information content (AvgIpc) is 3.22. The van der Waals surface area contributed by atoms with Crippen molar-refractivity contribution in [3.8, 4) is 17.4 Å². The Morgan fingerprint density at radius 3 is 2.90 bits per heavy atom. The van der Waals surface area contributed by atoms with Crippen molar-refractivity contribution in [1.29, 1.82) is 0 Å². The zero-order chi connectivity index (χ0) is 20.1. The second-order valence-corrected chi connectivity index (χ2v) is 6.99. The molecule has 0 bridgehead atoms. The molecule has 1 aliphatic heterocycles. The van der Waals surface area contributed by atoms with Crippen molar-refractivity contribution in [2.75, 3.05) is 6.61 Å². The summed E-state index contributed by atoms with van der Waals surface area (Å²) >= 11 is 0. The van der Waals surface area contributed by atoms with E-state index in [0.29, 0.717) is 24.8 Å². The fourth-order valence-electron chi connectivity index (χ4n) is 3.43. The summed E-state index contributed by atoms with van der Waals surface area (Å²) in [6, 6.07) is 11.1. The molecule has 4 rings (SSSR count). The molecule has 0 fully saturated rings. The summed E-state index contributed by atoms with van der Waals surface area (Å²) in [7, 11) is 0. The summed E-state index contributed by atoms with van der Waals surface area (Å²) in [5.74, 6) is 2.03. The Morgan fingerprint density at radius 2 is 2.07 bits per heavy atom. The maximum atomic E-state index is 12.6. The molecule has 1 aromatic carbocycles. The van der Waals surface area contributed by atoms with Crippen LogP contribution >= 0.6 is 0 Å². The molecule has 7 heteroatoms. The minimum absolute atomic E-state index is 0.0133. The lowest BCUT2D eigenvalue weighted by atomic mass is 9.95. The minimum atomic E-state index is -0.0133. The van der Waals surface area contributed by atoms with Crippen LogP contribution in [0.2, 0.25) is 0 Å². The normalized spacial score (nSPS) is 15.4. The summed E-state index contributed by atoms with van der Waals surface area (Å²) in [5.41, 5.74) is 2.06. The lowest BCUT2D eigenvalue weighted by Crippen LogP contribution is -2.34. The minimum Gasteiger partial charge on any atom is -0.494 e. The van der Waals surface area contributed by atoms with Gasteiger partial charge in [0.1, 0.15) is 11.5 Å². The maximum absolute atomic E-state index is 12.6. The van der Waals surface area contributed by atoms with Gasteiger partial charge in [-0.3, -0.25) is 4.79 Å². The number of hydrogen-bond acceptors (Lipinski definition) is 5. The quantitative estimate of drug-likeness (QED) is 0.667. The van der Waals surface area contributed by atoms with Crippen molar-refractivity contribution in [3.63, 3.8) is 0 Å². The first-order valence-corrected chi connectivity index (χ1v) is 9.83. The van der Waals surface area contributed by atoms with Gasteiger partial charge in [-0.25, -0.2) is 9.97 Å². The number of aryl methyl sites for hydroxylation is 1. The molecule has 2 aromatic heterocycles. The van der Waals surface area contributed by atoms with E-state index in [2.05, 4.69) is 19.9 Å². The second kappa shape index (κ2) is 8.77. The van der Waals surface area contributed by atoms with E-state index in [9.17, 15) is 4.79 Å². The number of nitrogens with zero attached hydrogens (tertiary/aromatic N) is 3. The van der Waals surface area contributed by atoms with Gasteiger partial charge in [0.2, 0.25) is 11.8 Å². The highest BCUT2D eigenvalue weighted by atomic mass is 16.5. The molecular formula is C22H24N4O3. The van der Waals surface area contributed by atoms with Crippen LogP contribution in [0.5, 0.6) is 17.4 Å². The van der Waals surface area contributed by atoms with Gasteiger partial charge in [-0.1, -0.05) is 0 Å². The van der Waals surface area contributed by atoms with E-state index in [1.165, 1.54) is 0 Å². The van der Waals surface area contributed by atoms with Crippen molar-refractivity contribution in [2.45, 2.75) is 32.9 Å². The maximum Gasteiger partial charge on any atom is 0.223 e. The summed E-state index contributed by atoms with van der Waals surface area (Å²) < 4.78 is 13.4. The number of imidazole rings is 1. The summed E-state index contributed by atoms with van der Waals surface area (Å²) in [6.07, 6.45) is 6.91. The van der Waals surface area contributed by atoms with Crippen molar-refractivity contribution < 1.29 is 14.3 Å². The van der Waals surface area contributed by atoms with E-state index in [-0.39, 0.29) is 11.8 Å². The number of aromatic nitrogens is 3. The molecule has 0 saturated carbocycles. The Balaban J connectivity index is 1.32. The van der Waals surface area contributed by atoms with Crippen LogP contribution in [-0.4, -0.2) is 27.0 Å². The molecule has 150 valence electrons. The predicted octanol–water partition coefficient (Wildman–Crippen LogP) is 3.35. The molecule has 0 spiro atoms. The number of benzene rings is 1. The number of amides is 1. The van der Waals surface area contributed by atoms with Crippen molar-refractivity contribution in [2.24, 2.45) is 5.92 Å². The SMILES string of the molecule is CCOc1ccc(Oc2cc(CNC(=O)C3CCn4cncc4C3)ccn2)cc1. The lowest BCUT2D eigenvalue weighted by Gasteiger charge is -2.23. The van der Waals surface area contributed by atoms with Gasteiger partial charge >= 0.3 is 0 Å². The zero-order valence-corrected chi connectivity index (χ0v) is 16.4. The summed E-state index contributed by atoms with van der Waals surface area (Å²) in [4.78, 5) is 21.0. The molecule has 0 aliphatic carbocycles. The third-order valence-electron chi connectivity index (χ3n) is 4.97. The number of rotatable bonds is 7. The first-order chi connectivity index (χ1) is 14.2. The van der Waals surface area contributed by atoms with Crippen molar-refractivity contribution in [3.05, 3.63) is 66.4 Å². The topological polar surface area (TPSA) is 78.3 Å². The molecule has 7 nitrogen and oxygen atoms in total. The van der Waals surface area contributed by atoms with Crippen LogP contribution in [0.3, 0.4) is 0 Å². The van der Waals surface area contributed by atoms with E-state index >= 15 is 0 Å². The molecular weight excluding hydrogens is 368 g/mol. The van der Waals surface area contributed by atoms with E-state index in [1.807, 2.05) is 55.8 Å². The fourth-order valence-corrected chi connectivity index (χ4v) is 3.43. The third kappa shape index (κ3) is 4.74. The number of pyridine rings is 1. The Morgan fingerprint density at radius 1 is 1.24 bits per heavy atom. The van der Waals surface area contributed by atoms with Gasteiger partial charge in [0.25, 0.3) is 0 Å². The highest BCUT2D eigenvalue weighted by Gasteiger charge is 2.24. The van der Waals surface area contributed by atoms with Crippen molar-refractivity contribution in [1.82, 2.24) is 19.9 Å². The Kier molecular flexibility index (Phi) is 5.74. The molecule has 1 amide bonds. The van der Waals surface area contributed by atoms with E-state index in [0.717, 1.165) is 36.4 Å².